The van der Waals surface area contributed by atoms with Gasteiger partial charge < -0.3 is 9.64 Å². The van der Waals surface area contributed by atoms with Gasteiger partial charge in [-0.3, -0.25) is 4.90 Å². The fraction of sp³-hybridized carbons (Fsp3) is 0.625. The van der Waals surface area contributed by atoms with Crippen LogP contribution in [0.1, 0.15) is 13.8 Å². The van der Waals surface area contributed by atoms with E-state index in [4.69, 9.17) is 4.74 Å². The van der Waals surface area contributed by atoms with Crippen LogP contribution in [0.5, 0.6) is 5.75 Å². The van der Waals surface area contributed by atoms with E-state index in [2.05, 4.69) is 48.4 Å². The van der Waals surface area contributed by atoms with Gasteiger partial charge in [0.2, 0.25) is 0 Å². The number of piperazine rings is 1. The van der Waals surface area contributed by atoms with Crippen molar-refractivity contribution in [1.82, 2.24) is 4.90 Å². The van der Waals surface area contributed by atoms with E-state index in [1.165, 1.54) is 5.69 Å². The minimum Gasteiger partial charge on any atom is -0.497 e. The molecule has 0 atom stereocenters. The summed E-state index contributed by atoms with van der Waals surface area (Å²) in [5, 5.41) is 0. The standard InChI is InChI=1S/C16H26N2OS/c1-16(2,13-20)12-17-8-10-18(11-9-17)14-4-6-15(19-3)7-5-14/h4-7,20H,8-13H2,1-3H3. The zero-order chi connectivity index (χ0) is 14.6. The number of ether oxygens (including phenoxy) is 1. The summed E-state index contributed by atoms with van der Waals surface area (Å²) in [6.45, 7) is 10.1. The summed E-state index contributed by atoms with van der Waals surface area (Å²) in [5.74, 6) is 1.86. The van der Waals surface area contributed by atoms with Crippen molar-refractivity contribution >= 4 is 18.3 Å². The van der Waals surface area contributed by atoms with Gasteiger partial charge in [0.15, 0.2) is 0 Å². The number of nitrogens with zero attached hydrogens (tertiary/aromatic N) is 2. The van der Waals surface area contributed by atoms with Gasteiger partial charge in [0.25, 0.3) is 0 Å². The number of hydrogen-bond acceptors (Lipinski definition) is 4. The Morgan fingerprint density at radius 1 is 1.10 bits per heavy atom. The Morgan fingerprint density at radius 3 is 2.20 bits per heavy atom. The lowest BCUT2D eigenvalue weighted by atomic mass is 9.95. The van der Waals surface area contributed by atoms with Gasteiger partial charge >= 0.3 is 0 Å². The Labute approximate surface area is 128 Å². The van der Waals surface area contributed by atoms with Crippen molar-refractivity contribution in [1.29, 1.82) is 0 Å². The van der Waals surface area contributed by atoms with Crippen molar-refractivity contribution in [2.75, 3.05) is 50.5 Å². The molecule has 1 heterocycles. The summed E-state index contributed by atoms with van der Waals surface area (Å²) in [4.78, 5) is 5.00. The lowest BCUT2D eigenvalue weighted by Crippen LogP contribution is -2.49. The van der Waals surface area contributed by atoms with E-state index in [0.29, 0.717) is 5.41 Å². The third-order valence-electron chi connectivity index (χ3n) is 3.89. The smallest absolute Gasteiger partial charge is 0.119 e. The molecule has 0 bridgehead atoms. The first-order valence-corrected chi connectivity index (χ1v) is 7.89. The molecule has 20 heavy (non-hydrogen) atoms. The minimum absolute atomic E-state index is 0.297. The summed E-state index contributed by atoms with van der Waals surface area (Å²) in [7, 11) is 1.71. The maximum Gasteiger partial charge on any atom is 0.119 e. The Kier molecular flexibility index (Phi) is 5.22. The summed E-state index contributed by atoms with van der Waals surface area (Å²) in [6, 6.07) is 8.36. The molecule has 0 aliphatic carbocycles. The maximum atomic E-state index is 5.21. The summed E-state index contributed by atoms with van der Waals surface area (Å²) >= 11 is 4.45. The molecule has 0 spiro atoms. The predicted octanol–water partition coefficient (Wildman–Crippen LogP) is 2.77. The van der Waals surface area contributed by atoms with Crippen LogP contribution in [0.25, 0.3) is 0 Å². The molecule has 0 radical (unpaired) electrons. The molecule has 3 nitrogen and oxygen atoms in total. The van der Waals surface area contributed by atoms with Crippen LogP contribution in [0.4, 0.5) is 5.69 Å². The van der Waals surface area contributed by atoms with Crippen molar-refractivity contribution in [2.24, 2.45) is 5.41 Å². The van der Waals surface area contributed by atoms with Gasteiger partial charge in [-0.25, -0.2) is 0 Å². The highest BCUT2D eigenvalue weighted by Gasteiger charge is 2.23. The lowest BCUT2D eigenvalue weighted by Gasteiger charge is -2.39. The van der Waals surface area contributed by atoms with Crippen molar-refractivity contribution < 1.29 is 4.74 Å². The molecular formula is C16H26N2OS. The van der Waals surface area contributed by atoms with E-state index in [1.807, 2.05) is 12.1 Å². The number of methoxy groups -OCH3 is 1. The average molecular weight is 294 g/mol. The Bertz CT molecular complexity index is 411. The van der Waals surface area contributed by atoms with E-state index in [0.717, 1.165) is 44.2 Å². The van der Waals surface area contributed by atoms with E-state index in [9.17, 15) is 0 Å². The lowest BCUT2D eigenvalue weighted by molar-refractivity contribution is 0.185. The van der Waals surface area contributed by atoms with Gasteiger partial charge in [-0.15, -0.1) is 0 Å². The van der Waals surface area contributed by atoms with Crippen LogP contribution >= 0.6 is 12.6 Å². The monoisotopic (exact) mass is 294 g/mol. The van der Waals surface area contributed by atoms with E-state index < -0.39 is 0 Å². The number of rotatable bonds is 5. The zero-order valence-electron chi connectivity index (χ0n) is 12.8. The summed E-state index contributed by atoms with van der Waals surface area (Å²) in [5.41, 5.74) is 1.59. The van der Waals surface area contributed by atoms with Crippen LogP contribution in [0.3, 0.4) is 0 Å². The molecule has 1 saturated heterocycles. The number of hydrogen-bond donors (Lipinski definition) is 1. The van der Waals surface area contributed by atoms with Gasteiger partial charge in [-0.2, -0.15) is 12.6 Å². The molecule has 1 fully saturated rings. The van der Waals surface area contributed by atoms with E-state index >= 15 is 0 Å². The molecule has 1 aliphatic rings. The molecule has 2 rings (SSSR count). The Hall–Kier alpha value is -0.870. The van der Waals surface area contributed by atoms with Gasteiger partial charge in [-0.1, -0.05) is 13.8 Å². The van der Waals surface area contributed by atoms with Gasteiger partial charge in [0.1, 0.15) is 5.75 Å². The topological polar surface area (TPSA) is 15.7 Å². The molecule has 1 aromatic rings. The largest absolute Gasteiger partial charge is 0.497 e. The van der Waals surface area contributed by atoms with E-state index in [-0.39, 0.29) is 0 Å². The molecule has 1 aromatic carbocycles. The molecule has 0 N–H and O–H groups in total. The quantitative estimate of drug-likeness (QED) is 0.841. The third kappa shape index (κ3) is 4.06. The van der Waals surface area contributed by atoms with Gasteiger partial charge in [0, 0.05) is 38.4 Å². The minimum atomic E-state index is 0.297. The number of thiol groups is 1. The second kappa shape index (κ2) is 6.72. The van der Waals surface area contributed by atoms with Crippen LogP contribution in [0, 0.1) is 5.41 Å². The first kappa shape index (κ1) is 15.5. The molecule has 0 amide bonds. The second-order valence-electron chi connectivity index (χ2n) is 6.28. The normalized spacial score (nSPS) is 17.3. The summed E-state index contributed by atoms with van der Waals surface area (Å²) in [6.07, 6.45) is 0. The molecule has 0 aromatic heterocycles. The van der Waals surface area contributed by atoms with E-state index in [1.54, 1.807) is 7.11 Å². The highest BCUT2D eigenvalue weighted by atomic mass is 32.1. The molecular weight excluding hydrogens is 268 g/mol. The van der Waals surface area contributed by atoms with Crippen LogP contribution in [0.2, 0.25) is 0 Å². The first-order chi connectivity index (χ1) is 9.54. The summed E-state index contributed by atoms with van der Waals surface area (Å²) < 4.78 is 5.21. The fourth-order valence-corrected chi connectivity index (χ4v) is 2.71. The Balaban J connectivity index is 1.87. The van der Waals surface area contributed by atoms with Crippen molar-refractivity contribution in [3.8, 4) is 5.75 Å². The van der Waals surface area contributed by atoms with Crippen LogP contribution in [-0.2, 0) is 0 Å². The predicted molar refractivity (Wildman–Crippen MR) is 89.3 cm³/mol. The van der Waals surface area contributed by atoms with Gasteiger partial charge in [0.05, 0.1) is 7.11 Å². The highest BCUT2D eigenvalue weighted by Crippen LogP contribution is 2.23. The van der Waals surface area contributed by atoms with Crippen LogP contribution < -0.4 is 9.64 Å². The molecule has 1 aliphatic heterocycles. The second-order valence-corrected chi connectivity index (χ2v) is 6.60. The SMILES string of the molecule is COc1ccc(N2CCN(CC(C)(C)CS)CC2)cc1. The number of benzene rings is 1. The average Bonchev–Trinajstić information content (AvgIpc) is 2.48. The maximum absolute atomic E-state index is 5.21. The van der Waals surface area contributed by atoms with Crippen LogP contribution in [-0.4, -0.2) is 50.5 Å². The molecule has 112 valence electrons. The van der Waals surface area contributed by atoms with Gasteiger partial charge in [-0.05, 0) is 35.4 Å². The molecule has 0 unspecified atom stereocenters. The van der Waals surface area contributed by atoms with Crippen molar-refractivity contribution in [2.45, 2.75) is 13.8 Å². The molecule has 4 heteroatoms. The molecule has 0 saturated carbocycles. The van der Waals surface area contributed by atoms with Crippen molar-refractivity contribution in [3.63, 3.8) is 0 Å². The number of anilines is 1. The van der Waals surface area contributed by atoms with Crippen molar-refractivity contribution in [3.05, 3.63) is 24.3 Å². The fourth-order valence-electron chi connectivity index (χ4n) is 2.61. The Morgan fingerprint density at radius 2 is 1.70 bits per heavy atom. The van der Waals surface area contributed by atoms with Crippen LogP contribution in [0.15, 0.2) is 24.3 Å². The highest BCUT2D eigenvalue weighted by molar-refractivity contribution is 7.80. The third-order valence-corrected chi connectivity index (χ3v) is 4.75. The first-order valence-electron chi connectivity index (χ1n) is 7.26. The zero-order valence-corrected chi connectivity index (χ0v) is 13.7.